The Kier molecular flexibility index (Phi) is 4.22. The molecule has 1 aliphatic heterocycles. The molecule has 2 fully saturated rings. The maximum Gasteiger partial charge on any atom is 0.307 e. The fourth-order valence-electron chi connectivity index (χ4n) is 3.19. The number of carboxylic acid groups (broad SMARTS) is 1. The zero-order valence-electron chi connectivity index (χ0n) is 10.8. The SMILES string of the molecule is COCC1CCN(C(=O)C2CCCC2C(=O)O)C1. The Labute approximate surface area is 107 Å². The number of hydrogen-bond acceptors (Lipinski definition) is 3. The topological polar surface area (TPSA) is 66.8 Å². The summed E-state index contributed by atoms with van der Waals surface area (Å²) in [5.41, 5.74) is 0. The van der Waals surface area contributed by atoms with Crippen molar-refractivity contribution in [2.75, 3.05) is 26.8 Å². The number of carbonyl (C=O) groups excluding carboxylic acids is 1. The molecule has 5 heteroatoms. The van der Waals surface area contributed by atoms with Crippen molar-refractivity contribution in [1.29, 1.82) is 0 Å². The average Bonchev–Trinajstić information content (AvgIpc) is 2.96. The van der Waals surface area contributed by atoms with E-state index in [0.29, 0.717) is 18.9 Å². The van der Waals surface area contributed by atoms with Crippen LogP contribution in [-0.4, -0.2) is 48.7 Å². The number of aliphatic carboxylic acids is 1. The van der Waals surface area contributed by atoms with Crippen molar-refractivity contribution in [1.82, 2.24) is 4.90 Å². The summed E-state index contributed by atoms with van der Waals surface area (Å²) in [5, 5.41) is 9.12. The highest BCUT2D eigenvalue weighted by Gasteiger charge is 2.41. The van der Waals surface area contributed by atoms with Crippen LogP contribution in [0.5, 0.6) is 0 Å². The third kappa shape index (κ3) is 2.66. The number of carbonyl (C=O) groups is 2. The Morgan fingerprint density at radius 2 is 2.00 bits per heavy atom. The van der Waals surface area contributed by atoms with Gasteiger partial charge in [0.15, 0.2) is 0 Å². The molecule has 3 atom stereocenters. The van der Waals surface area contributed by atoms with Gasteiger partial charge in [0.1, 0.15) is 0 Å². The summed E-state index contributed by atoms with van der Waals surface area (Å²) in [7, 11) is 1.67. The molecule has 0 aromatic rings. The number of hydrogen-bond donors (Lipinski definition) is 1. The molecule has 1 amide bonds. The van der Waals surface area contributed by atoms with E-state index in [4.69, 9.17) is 9.84 Å². The molecule has 1 aliphatic carbocycles. The second-order valence-electron chi connectivity index (χ2n) is 5.38. The van der Waals surface area contributed by atoms with Crippen LogP contribution in [0.15, 0.2) is 0 Å². The number of ether oxygens (including phenoxy) is 1. The molecule has 3 unspecified atom stereocenters. The Hall–Kier alpha value is -1.10. The van der Waals surface area contributed by atoms with Crippen LogP contribution in [-0.2, 0) is 14.3 Å². The highest BCUT2D eigenvalue weighted by atomic mass is 16.5. The van der Waals surface area contributed by atoms with Crippen LogP contribution in [0.4, 0.5) is 0 Å². The van der Waals surface area contributed by atoms with Gasteiger partial charge in [0.05, 0.1) is 18.4 Å². The number of nitrogens with zero attached hydrogens (tertiary/aromatic N) is 1. The molecule has 2 aliphatic rings. The highest BCUT2D eigenvalue weighted by Crippen LogP contribution is 2.34. The molecule has 0 spiro atoms. The van der Waals surface area contributed by atoms with Gasteiger partial charge in [-0.15, -0.1) is 0 Å². The van der Waals surface area contributed by atoms with E-state index in [1.54, 1.807) is 7.11 Å². The predicted octanol–water partition coefficient (Wildman–Crippen LogP) is 0.982. The van der Waals surface area contributed by atoms with Crippen LogP contribution in [0.3, 0.4) is 0 Å². The fourth-order valence-corrected chi connectivity index (χ4v) is 3.19. The lowest BCUT2D eigenvalue weighted by molar-refractivity contribution is -0.148. The molecule has 1 heterocycles. The quantitative estimate of drug-likeness (QED) is 0.813. The second-order valence-corrected chi connectivity index (χ2v) is 5.38. The Morgan fingerprint density at radius 1 is 1.28 bits per heavy atom. The lowest BCUT2D eigenvalue weighted by atomic mass is 9.95. The lowest BCUT2D eigenvalue weighted by Crippen LogP contribution is -2.38. The van der Waals surface area contributed by atoms with Crippen LogP contribution in [0.25, 0.3) is 0 Å². The standard InChI is InChI=1S/C13H21NO4/c1-18-8-9-5-6-14(7-9)12(15)10-3-2-4-11(10)13(16)17/h9-11H,2-8H2,1H3,(H,16,17). The summed E-state index contributed by atoms with van der Waals surface area (Å²) in [4.78, 5) is 25.3. The fraction of sp³-hybridized carbons (Fsp3) is 0.846. The largest absolute Gasteiger partial charge is 0.481 e. The third-order valence-electron chi connectivity index (χ3n) is 4.15. The molecule has 102 valence electrons. The average molecular weight is 255 g/mol. The highest BCUT2D eigenvalue weighted by molar-refractivity contribution is 5.85. The third-order valence-corrected chi connectivity index (χ3v) is 4.15. The summed E-state index contributed by atoms with van der Waals surface area (Å²) < 4.78 is 5.11. The van der Waals surface area contributed by atoms with E-state index in [2.05, 4.69) is 0 Å². The minimum Gasteiger partial charge on any atom is -0.481 e. The van der Waals surface area contributed by atoms with E-state index in [9.17, 15) is 9.59 Å². The van der Waals surface area contributed by atoms with E-state index < -0.39 is 11.9 Å². The molecule has 18 heavy (non-hydrogen) atoms. The van der Waals surface area contributed by atoms with Crippen LogP contribution in [0, 0.1) is 17.8 Å². The summed E-state index contributed by atoms with van der Waals surface area (Å²) in [6, 6.07) is 0. The van der Waals surface area contributed by atoms with Crippen LogP contribution >= 0.6 is 0 Å². The predicted molar refractivity (Wildman–Crippen MR) is 65.0 cm³/mol. The maximum atomic E-state index is 12.3. The van der Waals surface area contributed by atoms with Crippen LogP contribution in [0.2, 0.25) is 0 Å². The van der Waals surface area contributed by atoms with E-state index in [1.807, 2.05) is 4.90 Å². The monoisotopic (exact) mass is 255 g/mol. The molecule has 1 saturated carbocycles. The van der Waals surface area contributed by atoms with Crippen molar-refractivity contribution in [3.8, 4) is 0 Å². The number of methoxy groups -OCH3 is 1. The van der Waals surface area contributed by atoms with Gasteiger partial charge in [0.2, 0.25) is 5.91 Å². The molecule has 1 N–H and O–H groups in total. The second kappa shape index (κ2) is 5.69. The van der Waals surface area contributed by atoms with Gasteiger partial charge in [-0.05, 0) is 19.3 Å². The number of carboxylic acids is 1. The zero-order valence-corrected chi connectivity index (χ0v) is 10.8. The normalized spacial score (nSPS) is 31.8. The minimum absolute atomic E-state index is 0.0403. The van der Waals surface area contributed by atoms with Crippen LogP contribution < -0.4 is 0 Å². The van der Waals surface area contributed by atoms with Gasteiger partial charge in [0.25, 0.3) is 0 Å². The molecule has 5 nitrogen and oxygen atoms in total. The van der Waals surface area contributed by atoms with Crippen molar-refractivity contribution in [2.24, 2.45) is 17.8 Å². The van der Waals surface area contributed by atoms with Crippen LogP contribution in [0.1, 0.15) is 25.7 Å². The van der Waals surface area contributed by atoms with Crippen molar-refractivity contribution in [2.45, 2.75) is 25.7 Å². The lowest BCUT2D eigenvalue weighted by Gasteiger charge is -2.23. The molecule has 0 aromatic carbocycles. The molecule has 0 bridgehead atoms. The molecule has 2 rings (SSSR count). The van der Waals surface area contributed by atoms with Gasteiger partial charge < -0.3 is 14.7 Å². The smallest absolute Gasteiger partial charge is 0.307 e. The van der Waals surface area contributed by atoms with Gasteiger partial charge in [-0.1, -0.05) is 6.42 Å². The van der Waals surface area contributed by atoms with Gasteiger partial charge >= 0.3 is 5.97 Å². The first-order chi connectivity index (χ1) is 8.63. The maximum absolute atomic E-state index is 12.3. The van der Waals surface area contributed by atoms with E-state index in [-0.39, 0.29) is 11.8 Å². The van der Waals surface area contributed by atoms with Gasteiger partial charge in [-0.2, -0.15) is 0 Å². The van der Waals surface area contributed by atoms with Gasteiger partial charge in [-0.3, -0.25) is 9.59 Å². The Bertz CT molecular complexity index is 331. The number of likely N-dealkylation sites (tertiary alicyclic amines) is 1. The molecule has 0 radical (unpaired) electrons. The molecule has 0 aromatic heterocycles. The Morgan fingerprint density at radius 3 is 2.67 bits per heavy atom. The van der Waals surface area contributed by atoms with Crippen molar-refractivity contribution >= 4 is 11.9 Å². The van der Waals surface area contributed by atoms with Gasteiger partial charge in [0, 0.05) is 26.1 Å². The summed E-state index contributed by atoms with van der Waals surface area (Å²) in [6.45, 7) is 2.14. The first-order valence-electron chi connectivity index (χ1n) is 6.64. The summed E-state index contributed by atoms with van der Waals surface area (Å²) >= 11 is 0. The van der Waals surface area contributed by atoms with Crippen molar-refractivity contribution in [3.63, 3.8) is 0 Å². The van der Waals surface area contributed by atoms with Gasteiger partial charge in [-0.25, -0.2) is 0 Å². The van der Waals surface area contributed by atoms with Crippen molar-refractivity contribution < 1.29 is 19.4 Å². The number of rotatable bonds is 4. The van der Waals surface area contributed by atoms with E-state index >= 15 is 0 Å². The van der Waals surface area contributed by atoms with E-state index in [0.717, 1.165) is 32.4 Å². The zero-order chi connectivity index (χ0) is 13.1. The first-order valence-corrected chi connectivity index (χ1v) is 6.64. The summed E-state index contributed by atoms with van der Waals surface area (Å²) in [6.07, 6.45) is 3.18. The van der Waals surface area contributed by atoms with E-state index in [1.165, 1.54) is 0 Å². The Balaban J connectivity index is 1.93. The molecular formula is C13H21NO4. The molecular weight excluding hydrogens is 234 g/mol. The first kappa shape index (κ1) is 13.3. The number of amides is 1. The van der Waals surface area contributed by atoms with Crippen molar-refractivity contribution in [3.05, 3.63) is 0 Å². The minimum atomic E-state index is -0.821. The molecule has 1 saturated heterocycles. The summed E-state index contributed by atoms with van der Waals surface area (Å²) in [5.74, 6) is -1.15.